The predicted molar refractivity (Wildman–Crippen MR) is 123 cm³/mol. The number of urea groups is 1. The Morgan fingerprint density at radius 3 is 2.55 bits per heavy atom. The van der Waals surface area contributed by atoms with Gasteiger partial charge in [-0.25, -0.2) is 18.8 Å². The average Bonchev–Trinajstić information content (AvgIpc) is 3.45. The molecule has 11 nitrogen and oxygen atoms in total. The number of carbonyl (C=O) groups is 3. The van der Waals surface area contributed by atoms with Crippen molar-refractivity contribution in [2.75, 3.05) is 11.9 Å². The summed E-state index contributed by atoms with van der Waals surface area (Å²) >= 11 is 0. The maximum Gasteiger partial charge on any atom is 0.410 e. The molecule has 1 saturated carbocycles. The van der Waals surface area contributed by atoms with E-state index in [2.05, 4.69) is 37.5 Å². The maximum atomic E-state index is 14.4. The molecule has 38 heavy (non-hydrogen) atoms. The number of hydrogen-bond donors (Lipinski definition) is 3. The minimum absolute atomic E-state index is 0.0600. The molecule has 1 aliphatic carbocycles. The molecule has 2 aliphatic rings. The summed E-state index contributed by atoms with van der Waals surface area (Å²) in [6.45, 7) is 2.49. The molecule has 15 heteroatoms. The molecule has 2 atom stereocenters. The molecular weight excluding hydrogens is 514 g/mol. The Bertz CT molecular complexity index is 1200. The van der Waals surface area contributed by atoms with Gasteiger partial charge in [0.15, 0.2) is 5.69 Å². The second kappa shape index (κ2) is 10.9. The lowest BCUT2D eigenvalue weighted by Gasteiger charge is -2.32. The third-order valence-corrected chi connectivity index (χ3v) is 6.90. The SMILES string of the molecule is Cc1nonc1C(=O)N[C@H](C(=O)Nc1cc(CN2C[C@@H](C(F)(F)F)NC2=O)c(F)cn1)C1CCC(C)CC1. The van der Waals surface area contributed by atoms with Gasteiger partial charge in [-0.2, -0.15) is 13.2 Å². The second-order valence-electron chi connectivity index (χ2n) is 9.74. The monoisotopic (exact) mass is 541 g/mol. The highest BCUT2D eigenvalue weighted by molar-refractivity contribution is 6.00. The molecule has 0 spiro atoms. The summed E-state index contributed by atoms with van der Waals surface area (Å²) in [5.74, 6) is -1.90. The first-order valence-corrected chi connectivity index (χ1v) is 12.1. The van der Waals surface area contributed by atoms with Crippen molar-refractivity contribution >= 4 is 23.7 Å². The van der Waals surface area contributed by atoms with Gasteiger partial charge < -0.3 is 20.9 Å². The molecule has 0 unspecified atom stereocenters. The fourth-order valence-electron chi connectivity index (χ4n) is 4.65. The molecule has 2 aromatic heterocycles. The van der Waals surface area contributed by atoms with Crippen LogP contribution in [0.15, 0.2) is 16.9 Å². The van der Waals surface area contributed by atoms with Crippen LogP contribution in [0.4, 0.5) is 28.2 Å². The first-order valence-electron chi connectivity index (χ1n) is 12.1. The van der Waals surface area contributed by atoms with Gasteiger partial charge in [-0.05, 0) is 42.8 Å². The highest BCUT2D eigenvalue weighted by Gasteiger charge is 2.47. The van der Waals surface area contributed by atoms with Crippen LogP contribution < -0.4 is 16.0 Å². The average molecular weight is 542 g/mol. The third kappa shape index (κ3) is 6.19. The van der Waals surface area contributed by atoms with E-state index in [0.29, 0.717) is 18.8 Å². The number of nitrogens with zero attached hydrogens (tertiary/aromatic N) is 4. The summed E-state index contributed by atoms with van der Waals surface area (Å²) in [6, 6.07) is -2.88. The van der Waals surface area contributed by atoms with E-state index in [1.807, 2.05) is 5.32 Å². The molecule has 4 amide bonds. The molecule has 3 heterocycles. The summed E-state index contributed by atoms with van der Waals surface area (Å²) in [4.78, 5) is 42.7. The summed E-state index contributed by atoms with van der Waals surface area (Å²) in [7, 11) is 0. The van der Waals surface area contributed by atoms with E-state index in [1.165, 1.54) is 6.92 Å². The van der Waals surface area contributed by atoms with Crippen molar-refractivity contribution in [1.29, 1.82) is 0 Å². The van der Waals surface area contributed by atoms with Crippen LogP contribution in [0.1, 0.15) is 54.4 Å². The molecule has 2 aromatic rings. The van der Waals surface area contributed by atoms with Crippen LogP contribution in [0.3, 0.4) is 0 Å². The van der Waals surface area contributed by atoms with E-state index in [9.17, 15) is 31.9 Å². The molecule has 0 radical (unpaired) electrons. The van der Waals surface area contributed by atoms with Crippen LogP contribution in [-0.4, -0.2) is 62.8 Å². The zero-order valence-electron chi connectivity index (χ0n) is 20.6. The molecule has 3 N–H and O–H groups in total. The Kier molecular flexibility index (Phi) is 7.83. The normalized spacial score (nSPS) is 22.6. The number of carbonyl (C=O) groups excluding carboxylic acids is 3. The van der Waals surface area contributed by atoms with Crippen molar-refractivity contribution < 1.29 is 36.6 Å². The molecule has 206 valence electrons. The van der Waals surface area contributed by atoms with E-state index in [-0.39, 0.29) is 28.7 Å². The Morgan fingerprint density at radius 2 is 1.95 bits per heavy atom. The van der Waals surface area contributed by atoms with Crippen molar-refractivity contribution in [3.05, 3.63) is 35.0 Å². The summed E-state index contributed by atoms with van der Waals surface area (Å²) in [5.41, 5.74) is 0.0577. The van der Waals surface area contributed by atoms with Crippen LogP contribution in [0.25, 0.3) is 0 Å². The minimum Gasteiger partial charge on any atom is -0.338 e. The van der Waals surface area contributed by atoms with Crippen molar-refractivity contribution in [2.45, 2.75) is 64.3 Å². The Morgan fingerprint density at radius 1 is 1.24 bits per heavy atom. The van der Waals surface area contributed by atoms with E-state index in [1.54, 1.807) is 0 Å². The molecule has 1 aliphatic heterocycles. The van der Waals surface area contributed by atoms with Crippen molar-refractivity contribution in [3.8, 4) is 0 Å². The largest absolute Gasteiger partial charge is 0.410 e. The first-order chi connectivity index (χ1) is 17.9. The highest BCUT2D eigenvalue weighted by atomic mass is 19.4. The number of anilines is 1. The number of nitrogens with one attached hydrogen (secondary N) is 3. The number of aryl methyl sites for hydroxylation is 1. The lowest BCUT2D eigenvalue weighted by molar-refractivity contribution is -0.149. The third-order valence-electron chi connectivity index (χ3n) is 6.90. The van der Waals surface area contributed by atoms with Crippen molar-refractivity contribution in [2.24, 2.45) is 11.8 Å². The lowest BCUT2D eigenvalue weighted by Crippen LogP contribution is -2.49. The van der Waals surface area contributed by atoms with Crippen molar-refractivity contribution in [1.82, 2.24) is 30.8 Å². The maximum absolute atomic E-state index is 14.4. The number of rotatable bonds is 7. The van der Waals surface area contributed by atoms with Gasteiger partial charge in [0.2, 0.25) is 5.91 Å². The van der Waals surface area contributed by atoms with Crippen LogP contribution >= 0.6 is 0 Å². The van der Waals surface area contributed by atoms with Crippen molar-refractivity contribution in [3.63, 3.8) is 0 Å². The second-order valence-corrected chi connectivity index (χ2v) is 9.74. The van der Waals surface area contributed by atoms with Gasteiger partial charge in [0, 0.05) is 5.56 Å². The number of hydrogen-bond acceptors (Lipinski definition) is 7. The first kappa shape index (κ1) is 27.3. The topological polar surface area (TPSA) is 142 Å². The molecule has 0 aromatic carbocycles. The fraction of sp³-hybridized carbons (Fsp3) is 0.565. The molecule has 1 saturated heterocycles. The smallest absolute Gasteiger partial charge is 0.338 e. The number of halogens is 4. The summed E-state index contributed by atoms with van der Waals surface area (Å²) in [5, 5.41) is 14.2. The van der Waals surface area contributed by atoms with Gasteiger partial charge in [0.05, 0.1) is 19.3 Å². The van der Waals surface area contributed by atoms with Gasteiger partial charge in [0.1, 0.15) is 29.4 Å². The van der Waals surface area contributed by atoms with E-state index in [0.717, 1.165) is 30.0 Å². The number of pyridine rings is 1. The van der Waals surface area contributed by atoms with E-state index >= 15 is 0 Å². The molecular formula is C23H27F4N7O4. The summed E-state index contributed by atoms with van der Waals surface area (Å²) < 4.78 is 57.9. The molecule has 4 rings (SSSR count). The van der Waals surface area contributed by atoms with Gasteiger partial charge >= 0.3 is 12.2 Å². The quantitative estimate of drug-likeness (QED) is 0.458. The van der Waals surface area contributed by atoms with Crippen LogP contribution in [-0.2, 0) is 11.3 Å². The van der Waals surface area contributed by atoms with E-state index < -0.39 is 55.0 Å². The van der Waals surface area contributed by atoms with Crippen LogP contribution in [0, 0.1) is 24.6 Å². The fourth-order valence-corrected chi connectivity index (χ4v) is 4.65. The molecule has 0 bridgehead atoms. The lowest BCUT2D eigenvalue weighted by atomic mass is 9.79. The number of aromatic nitrogens is 3. The highest BCUT2D eigenvalue weighted by Crippen LogP contribution is 2.31. The summed E-state index contributed by atoms with van der Waals surface area (Å²) in [6.07, 6.45) is -0.739. The standard InChI is InChI=1S/C23H27F4N7O4/c1-11-3-5-13(6-4-11)19(31-20(35)18-12(2)32-38-33-18)21(36)30-17-7-14(15(24)8-28-17)9-34-10-16(23(25,26)27)29-22(34)37/h7-8,11,13,16,19H,3-6,9-10H2,1-2H3,(H,29,37)(H,31,35)(H,28,30,36)/t11?,13?,16-,19-/m0/s1. The number of amides is 4. The Balaban J connectivity index is 1.49. The van der Waals surface area contributed by atoms with Crippen LogP contribution in [0.5, 0.6) is 0 Å². The van der Waals surface area contributed by atoms with Crippen LogP contribution in [0.2, 0.25) is 0 Å². The molecule has 2 fully saturated rings. The van der Waals surface area contributed by atoms with Gasteiger partial charge in [-0.15, -0.1) is 0 Å². The zero-order chi connectivity index (χ0) is 27.6. The van der Waals surface area contributed by atoms with Gasteiger partial charge in [-0.3, -0.25) is 9.59 Å². The predicted octanol–water partition coefficient (Wildman–Crippen LogP) is 2.93. The van der Waals surface area contributed by atoms with E-state index in [4.69, 9.17) is 0 Å². The Hall–Kier alpha value is -3.78. The van der Waals surface area contributed by atoms with Gasteiger partial charge in [-0.1, -0.05) is 24.9 Å². The number of alkyl halides is 3. The zero-order valence-corrected chi connectivity index (χ0v) is 20.6. The van der Waals surface area contributed by atoms with Gasteiger partial charge in [0.25, 0.3) is 5.91 Å². The Labute approximate surface area is 214 Å². The minimum atomic E-state index is -4.64.